The molecular weight excluding hydrogens is 498 g/mol. The Labute approximate surface area is 226 Å². The molecule has 5 rings (SSSR count). The van der Waals surface area contributed by atoms with E-state index in [1.54, 1.807) is 11.8 Å². The Morgan fingerprint density at radius 1 is 1.05 bits per heavy atom. The molecule has 0 unspecified atom stereocenters. The third kappa shape index (κ3) is 5.52. The van der Waals surface area contributed by atoms with Crippen LogP contribution in [0.3, 0.4) is 0 Å². The van der Waals surface area contributed by atoms with Crippen LogP contribution in [0.1, 0.15) is 31.0 Å². The Hall–Kier alpha value is -4.24. The maximum atomic E-state index is 13.6. The van der Waals surface area contributed by atoms with Crippen LogP contribution in [-0.2, 0) is 10.5 Å². The lowest BCUT2D eigenvalue weighted by Crippen LogP contribution is -2.31. The average Bonchev–Trinajstić information content (AvgIpc) is 3.35. The van der Waals surface area contributed by atoms with E-state index in [1.165, 1.54) is 11.8 Å². The van der Waals surface area contributed by atoms with Gasteiger partial charge in [-0.25, -0.2) is 4.68 Å². The molecule has 1 aliphatic rings. The lowest BCUT2D eigenvalue weighted by molar-refractivity contribution is -0.113. The molecule has 9 heteroatoms. The molecule has 1 aliphatic heterocycles. The van der Waals surface area contributed by atoms with E-state index in [0.29, 0.717) is 29.0 Å². The third-order valence-electron chi connectivity index (χ3n) is 6.12. The molecule has 0 aliphatic carbocycles. The Morgan fingerprint density at radius 3 is 2.58 bits per heavy atom. The van der Waals surface area contributed by atoms with Gasteiger partial charge in [-0.15, -0.1) is 5.10 Å². The molecule has 0 bridgehead atoms. The Kier molecular flexibility index (Phi) is 7.65. The predicted octanol–water partition coefficient (Wildman–Crippen LogP) is 5.91. The summed E-state index contributed by atoms with van der Waals surface area (Å²) in [4.78, 5) is 18.3. The van der Waals surface area contributed by atoms with Crippen LogP contribution >= 0.6 is 11.8 Å². The molecule has 0 saturated carbocycles. The molecule has 1 atom stereocenters. The van der Waals surface area contributed by atoms with Gasteiger partial charge in [0, 0.05) is 17.1 Å². The van der Waals surface area contributed by atoms with Crippen molar-refractivity contribution in [2.45, 2.75) is 30.8 Å². The Bertz CT molecular complexity index is 1450. The van der Waals surface area contributed by atoms with Crippen LogP contribution in [-0.4, -0.2) is 34.4 Å². The number of ether oxygens (including phenoxy) is 2. The Morgan fingerprint density at radius 2 is 1.84 bits per heavy atom. The van der Waals surface area contributed by atoms with Gasteiger partial charge in [0.1, 0.15) is 17.5 Å². The van der Waals surface area contributed by atoms with Crippen LogP contribution in [0, 0.1) is 0 Å². The van der Waals surface area contributed by atoms with Crippen LogP contribution in [0.15, 0.2) is 95.3 Å². The summed E-state index contributed by atoms with van der Waals surface area (Å²) in [6.45, 7) is 4.42. The number of fused-ring (bicyclic) bond motifs is 1. The number of aromatic nitrogens is 3. The van der Waals surface area contributed by atoms with E-state index in [4.69, 9.17) is 19.6 Å². The lowest BCUT2D eigenvalue weighted by Gasteiger charge is -2.28. The fourth-order valence-electron chi connectivity index (χ4n) is 4.34. The number of hydrogen-bond donors (Lipinski definition) is 2. The first-order chi connectivity index (χ1) is 18.6. The second-order valence-corrected chi connectivity index (χ2v) is 9.63. The second-order valence-electron chi connectivity index (χ2n) is 8.69. The van der Waals surface area contributed by atoms with Crippen LogP contribution in [0.5, 0.6) is 11.5 Å². The van der Waals surface area contributed by atoms with Gasteiger partial charge >= 0.3 is 0 Å². The standard InChI is InChI=1S/C29H29N5O3S/c1-4-37-23-15-13-21(14-16-23)26-25(27(35)31-22-10-6-5-7-11-22)19(2)30-28-32-29(33-34(26)28)38-18-20-9-8-12-24(17-20)36-3/h5-17,26H,4,18H2,1-3H3,(H,31,35)(H,30,32,33)/t26-/m1/s1. The van der Waals surface area contributed by atoms with Gasteiger partial charge in [-0.2, -0.15) is 4.98 Å². The average molecular weight is 528 g/mol. The summed E-state index contributed by atoms with van der Waals surface area (Å²) in [5.41, 5.74) is 4.03. The van der Waals surface area contributed by atoms with Gasteiger partial charge in [-0.05, 0) is 61.4 Å². The summed E-state index contributed by atoms with van der Waals surface area (Å²) in [5.74, 6) is 2.65. The molecule has 38 heavy (non-hydrogen) atoms. The van der Waals surface area contributed by atoms with E-state index in [0.717, 1.165) is 34.0 Å². The first-order valence-corrected chi connectivity index (χ1v) is 13.3. The monoisotopic (exact) mass is 527 g/mol. The zero-order chi connectivity index (χ0) is 26.5. The summed E-state index contributed by atoms with van der Waals surface area (Å²) >= 11 is 1.53. The summed E-state index contributed by atoms with van der Waals surface area (Å²) < 4.78 is 12.8. The number of carbonyl (C=O) groups excluding carboxylic acids is 1. The van der Waals surface area contributed by atoms with Gasteiger partial charge in [-0.1, -0.05) is 54.2 Å². The number of anilines is 2. The van der Waals surface area contributed by atoms with E-state index < -0.39 is 6.04 Å². The quantitative estimate of drug-likeness (QED) is 0.262. The van der Waals surface area contributed by atoms with E-state index in [2.05, 4.69) is 10.6 Å². The number of nitrogens with zero attached hydrogens (tertiary/aromatic N) is 3. The SMILES string of the molecule is CCOc1ccc([C@@H]2C(C(=O)Nc3ccccc3)=C(C)Nc3nc(SCc4cccc(OC)c4)nn32)cc1. The fourth-order valence-corrected chi connectivity index (χ4v) is 5.11. The number of carbonyl (C=O) groups is 1. The van der Waals surface area contributed by atoms with Crippen LogP contribution in [0.25, 0.3) is 0 Å². The highest BCUT2D eigenvalue weighted by molar-refractivity contribution is 7.98. The second kappa shape index (κ2) is 11.4. The van der Waals surface area contributed by atoms with Crippen molar-refractivity contribution in [1.29, 1.82) is 0 Å². The Balaban J connectivity index is 1.47. The minimum Gasteiger partial charge on any atom is -0.497 e. The molecule has 2 N–H and O–H groups in total. The molecule has 3 aromatic carbocycles. The summed E-state index contributed by atoms with van der Waals surface area (Å²) in [6, 6.07) is 24.7. The fraction of sp³-hybridized carbons (Fsp3) is 0.207. The van der Waals surface area contributed by atoms with Gasteiger partial charge < -0.3 is 20.1 Å². The molecule has 2 heterocycles. The van der Waals surface area contributed by atoms with Crippen molar-refractivity contribution in [2.24, 2.45) is 0 Å². The highest BCUT2D eigenvalue weighted by Crippen LogP contribution is 2.37. The molecule has 0 saturated heterocycles. The predicted molar refractivity (Wildman–Crippen MR) is 150 cm³/mol. The van der Waals surface area contributed by atoms with Gasteiger partial charge in [0.15, 0.2) is 0 Å². The van der Waals surface area contributed by atoms with Crippen molar-refractivity contribution in [1.82, 2.24) is 14.8 Å². The number of benzene rings is 3. The zero-order valence-corrected chi connectivity index (χ0v) is 22.3. The van der Waals surface area contributed by atoms with Crippen molar-refractivity contribution in [3.8, 4) is 11.5 Å². The summed E-state index contributed by atoms with van der Waals surface area (Å²) in [5, 5.41) is 11.8. The number of para-hydroxylation sites is 1. The molecule has 0 radical (unpaired) electrons. The number of rotatable bonds is 9. The smallest absolute Gasteiger partial charge is 0.255 e. The van der Waals surface area contributed by atoms with E-state index in [9.17, 15) is 4.79 Å². The van der Waals surface area contributed by atoms with Gasteiger partial charge in [0.2, 0.25) is 11.1 Å². The zero-order valence-electron chi connectivity index (χ0n) is 21.5. The minimum atomic E-state index is -0.468. The highest BCUT2D eigenvalue weighted by atomic mass is 32.2. The molecule has 1 aromatic heterocycles. The maximum Gasteiger partial charge on any atom is 0.255 e. The first kappa shape index (κ1) is 25.4. The van der Waals surface area contributed by atoms with Gasteiger partial charge in [-0.3, -0.25) is 4.79 Å². The molecule has 194 valence electrons. The van der Waals surface area contributed by atoms with Gasteiger partial charge in [0.25, 0.3) is 5.91 Å². The summed E-state index contributed by atoms with van der Waals surface area (Å²) in [7, 11) is 1.66. The molecule has 0 spiro atoms. The maximum absolute atomic E-state index is 13.6. The van der Waals surface area contributed by atoms with Crippen molar-refractivity contribution in [2.75, 3.05) is 24.4 Å². The largest absolute Gasteiger partial charge is 0.497 e. The van der Waals surface area contributed by atoms with Crippen LogP contribution in [0.4, 0.5) is 11.6 Å². The topological polar surface area (TPSA) is 90.3 Å². The van der Waals surface area contributed by atoms with Crippen molar-refractivity contribution in [3.05, 3.63) is 101 Å². The molecule has 8 nitrogen and oxygen atoms in total. The molecular formula is C29H29N5O3S. The van der Waals surface area contributed by atoms with Crippen molar-refractivity contribution in [3.63, 3.8) is 0 Å². The number of methoxy groups -OCH3 is 1. The normalized spacial score (nSPS) is 14.4. The number of amides is 1. The molecule has 0 fully saturated rings. The van der Waals surface area contributed by atoms with E-state index in [1.807, 2.05) is 92.7 Å². The lowest BCUT2D eigenvalue weighted by atomic mass is 9.95. The number of thioether (sulfide) groups is 1. The van der Waals surface area contributed by atoms with Crippen molar-refractivity contribution >= 4 is 29.3 Å². The number of nitrogens with one attached hydrogen (secondary N) is 2. The van der Waals surface area contributed by atoms with Gasteiger partial charge in [0.05, 0.1) is 19.3 Å². The van der Waals surface area contributed by atoms with Crippen LogP contribution in [0.2, 0.25) is 0 Å². The van der Waals surface area contributed by atoms with Crippen LogP contribution < -0.4 is 20.1 Å². The highest BCUT2D eigenvalue weighted by Gasteiger charge is 2.34. The minimum absolute atomic E-state index is 0.202. The number of hydrogen-bond acceptors (Lipinski definition) is 7. The third-order valence-corrected chi connectivity index (χ3v) is 7.03. The summed E-state index contributed by atoms with van der Waals surface area (Å²) in [6.07, 6.45) is 0. The van der Waals surface area contributed by atoms with Crippen molar-refractivity contribution < 1.29 is 14.3 Å². The molecule has 1 amide bonds. The number of allylic oxidation sites excluding steroid dienone is 1. The van der Waals surface area contributed by atoms with E-state index >= 15 is 0 Å². The molecule has 4 aromatic rings. The van der Waals surface area contributed by atoms with E-state index in [-0.39, 0.29) is 5.91 Å². The first-order valence-electron chi connectivity index (χ1n) is 12.3.